The maximum absolute atomic E-state index is 12.6. The zero-order valence-corrected chi connectivity index (χ0v) is 17.6. The molecular formula is C25H19ClN2O4. The Morgan fingerprint density at radius 1 is 0.875 bits per heavy atom. The first-order valence-corrected chi connectivity index (χ1v) is 10.3. The largest absolute Gasteiger partial charge is 0.478 e. The lowest BCUT2D eigenvalue weighted by atomic mass is 10.0. The van der Waals surface area contributed by atoms with Crippen LogP contribution in [-0.2, 0) is 13.0 Å². The number of aromatic carboxylic acids is 1. The van der Waals surface area contributed by atoms with Crippen LogP contribution in [0.4, 0.5) is 0 Å². The number of H-pyrrole nitrogens is 1. The van der Waals surface area contributed by atoms with E-state index in [2.05, 4.69) is 10.3 Å². The first-order chi connectivity index (χ1) is 15.4. The Morgan fingerprint density at radius 3 is 2.22 bits per heavy atom. The van der Waals surface area contributed by atoms with Gasteiger partial charge >= 0.3 is 5.97 Å². The summed E-state index contributed by atoms with van der Waals surface area (Å²) < 4.78 is 0. The van der Waals surface area contributed by atoms with Gasteiger partial charge in [-0.15, -0.1) is 0 Å². The third-order valence-corrected chi connectivity index (χ3v) is 5.40. The van der Waals surface area contributed by atoms with Crippen molar-refractivity contribution < 1.29 is 14.7 Å². The summed E-state index contributed by atoms with van der Waals surface area (Å²) in [6.45, 7) is 0.372. The highest BCUT2D eigenvalue weighted by molar-refractivity contribution is 6.30. The molecule has 0 aliphatic heterocycles. The van der Waals surface area contributed by atoms with Crippen LogP contribution in [0.1, 0.15) is 37.4 Å². The molecule has 160 valence electrons. The van der Waals surface area contributed by atoms with Gasteiger partial charge in [-0.3, -0.25) is 9.59 Å². The quantitative estimate of drug-likeness (QED) is 0.408. The number of halogens is 1. The molecule has 1 amide bonds. The van der Waals surface area contributed by atoms with Crippen molar-refractivity contribution in [2.24, 2.45) is 0 Å². The minimum absolute atomic E-state index is 0.190. The molecule has 0 spiro atoms. The van der Waals surface area contributed by atoms with Gasteiger partial charge in [0, 0.05) is 34.6 Å². The minimum atomic E-state index is -0.998. The van der Waals surface area contributed by atoms with Crippen molar-refractivity contribution >= 4 is 34.4 Å². The molecule has 7 heteroatoms. The van der Waals surface area contributed by atoms with Crippen LogP contribution in [0.3, 0.4) is 0 Å². The molecular weight excluding hydrogens is 428 g/mol. The number of nitrogens with one attached hydrogen (secondary N) is 2. The molecule has 0 radical (unpaired) electrons. The molecule has 0 saturated heterocycles. The summed E-state index contributed by atoms with van der Waals surface area (Å²) in [7, 11) is 0. The molecule has 0 saturated carbocycles. The number of aromatic amines is 1. The zero-order valence-electron chi connectivity index (χ0n) is 16.9. The van der Waals surface area contributed by atoms with E-state index in [0.29, 0.717) is 34.6 Å². The van der Waals surface area contributed by atoms with Gasteiger partial charge in [0.2, 0.25) is 0 Å². The Labute approximate surface area is 188 Å². The molecule has 0 aliphatic rings. The summed E-state index contributed by atoms with van der Waals surface area (Å²) in [6, 6.07) is 20.5. The van der Waals surface area contributed by atoms with Crippen LogP contribution in [0, 0.1) is 0 Å². The van der Waals surface area contributed by atoms with Crippen molar-refractivity contribution in [2.45, 2.75) is 13.0 Å². The van der Waals surface area contributed by atoms with Crippen LogP contribution >= 0.6 is 11.6 Å². The van der Waals surface area contributed by atoms with Gasteiger partial charge in [0.1, 0.15) is 0 Å². The maximum Gasteiger partial charge on any atom is 0.335 e. The van der Waals surface area contributed by atoms with Crippen LogP contribution in [0.2, 0.25) is 5.02 Å². The smallest absolute Gasteiger partial charge is 0.335 e. The van der Waals surface area contributed by atoms with Crippen molar-refractivity contribution in [2.75, 3.05) is 0 Å². The van der Waals surface area contributed by atoms with Gasteiger partial charge in [0.25, 0.3) is 11.5 Å². The molecule has 4 rings (SSSR count). The molecule has 0 bridgehead atoms. The SMILES string of the molecule is O=C(O)c1ccc(Cc2cc3cc(C(=O)NCc4ccc(Cl)cc4)ccc3[nH]c2=O)cc1. The molecule has 32 heavy (non-hydrogen) atoms. The number of rotatable bonds is 6. The topological polar surface area (TPSA) is 99.3 Å². The van der Waals surface area contributed by atoms with Crippen molar-refractivity contribution in [1.29, 1.82) is 0 Å². The normalized spacial score (nSPS) is 10.8. The summed E-state index contributed by atoms with van der Waals surface area (Å²) in [5.74, 6) is -1.22. The Bertz CT molecular complexity index is 1360. The van der Waals surface area contributed by atoms with E-state index in [-0.39, 0.29) is 17.0 Å². The van der Waals surface area contributed by atoms with E-state index in [1.54, 1.807) is 48.5 Å². The fraction of sp³-hybridized carbons (Fsp3) is 0.0800. The number of carboxylic acids is 1. The van der Waals surface area contributed by atoms with E-state index in [0.717, 1.165) is 16.5 Å². The molecule has 0 aliphatic carbocycles. The predicted octanol–water partition coefficient (Wildman–Crippen LogP) is 4.40. The third-order valence-electron chi connectivity index (χ3n) is 5.15. The van der Waals surface area contributed by atoms with E-state index >= 15 is 0 Å². The second-order valence-electron chi connectivity index (χ2n) is 7.41. The number of aromatic nitrogens is 1. The Morgan fingerprint density at radius 2 is 1.53 bits per heavy atom. The number of carboxylic acid groups (broad SMARTS) is 1. The van der Waals surface area contributed by atoms with Crippen LogP contribution in [0.25, 0.3) is 10.9 Å². The van der Waals surface area contributed by atoms with Gasteiger partial charge in [0.15, 0.2) is 0 Å². The summed E-state index contributed by atoms with van der Waals surface area (Å²) in [4.78, 5) is 38.9. The Balaban J connectivity index is 1.54. The fourth-order valence-corrected chi connectivity index (χ4v) is 3.52. The lowest BCUT2D eigenvalue weighted by molar-refractivity contribution is 0.0696. The molecule has 4 aromatic rings. The van der Waals surface area contributed by atoms with Gasteiger partial charge in [-0.2, -0.15) is 0 Å². The predicted molar refractivity (Wildman–Crippen MR) is 123 cm³/mol. The van der Waals surface area contributed by atoms with Gasteiger partial charge in [-0.1, -0.05) is 35.9 Å². The second kappa shape index (κ2) is 9.08. The molecule has 0 fully saturated rings. The van der Waals surface area contributed by atoms with Gasteiger partial charge in [-0.05, 0) is 65.0 Å². The maximum atomic E-state index is 12.6. The highest BCUT2D eigenvalue weighted by atomic mass is 35.5. The van der Waals surface area contributed by atoms with E-state index in [9.17, 15) is 14.4 Å². The number of hydrogen-bond donors (Lipinski definition) is 3. The Hall–Kier alpha value is -3.90. The molecule has 1 heterocycles. The average Bonchev–Trinajstić information content (AvgIpc) is 2.79. The van der Waals surface area contributed by atoms with Crippen LogP contribution in [-0.4, -0.2) is 22.0 Å². The molecule has 0 atom stereocenters. The number of carbonyl (C=O) groups is 2. The number of benzene rings is 3. The second-order valence-corrected chi connectivity index (χ2v) is 7.85. The van der Waals surface area contributed by atoms with Crippen molar-refractivity contribution in [3.63, 3.8) is 0 Å². The molecule has 1 aromatic heterocycles. The first-order valence-electron chi connectivity index (χ1n) is 9.90. The van der Waals surface area contributed by atoms with E-state index in [1.807, 2.05) is 12.1 Å². The van der Waals surface area contributed by atoms with Gasteiger partial charge < -0.3 is 15.4 Å². The highest BCUT2D eigenvalue weighted by Crippen LogP contribution is 2.17. The summed E-state index contributed by atoms with van der Waals surface area (Å²) in [5, 5.41) is 13.3. The Kier molecular flexibility index (Phi) is 6.05. The molecule has 6 nitrogen and oxygen atoms in total. The summed E-state index contributed by atoms with van der Waals surface area (Å²) in [6.07, 6.45) is 0.345. The summed E-state index contributed by atoms with van der Waals surface area (Å²) in [5.41, 5.74) is 3.36. The number of hydrogen-bond acceptors (Lipinski definition) is 3. The van der Waals surface area contributed by atoms with Crippen molar-refractivity contribution in [3.05, 3.63) is 116 Å². The molecule has 0 unspecified atom stereocenters. The number of pyridine rings is 1. The highest BCUT2D eigenvalue weighted by Gasteiger charge is 2.10. The molecule has 3 N–H and O–H groups in total. The van der Waals surface area contributed by atoms with Gasteiger partial charge in [-0.25, -0.2) is 4.79 Å². The number of carbonyl (C=O) groups excluding carboxylic acids is 1. The average molecular weight is 447 g/mol. The fourth-order valence-electron chi connectivity index (χ4n) is 3.40. The third kappa shape index (κ3) is 4.87. The standard InChI is InChI=1S/C25H19ClN2O4/c26-21-8-3-16(4-9-21)14-27-23(29)18-7-10-22-19(12-18)13-20(24(30)28-22)11-15-1-5-17(6-2-15)25(31)32/h1-10,12-13H,11,14H2,(H,27,29)(H,28,30)(H,31,32). The first kappa shape index (κ1) is 21.3. The van der Waals surface area contributed by atoms with Gasteiger partial charge in [0.05, 0.1) is 5.56 Å². The van der Waals surface area contributed by atoms with Crippen molar-refractivity contribution in [3.8, 4) is 0 Å². The van der Waals surface area contributed by atoms with Crippen LogP contribution in [0.15, 0.2) is 77.6 Å². The monoisotopic (exact) mass is 446 g/mol. The van der Waals surface area contributed by atoms with E-state index < -0.39 is 5.97 Å². The van der Waals surface area contributed by atoms with E-state index in [1.165, 1.54) is 12.1 Å². The minimum Gasteiger partial charge on any atom is -0.478 e. The lowest BCUT2D eigenvalue weighted by Gasteiger charge is -2.08. The number of amides is 1. The van der Waals surface area contributed by atoms with E-state index in [4.69, 9.17) is 16.7 Å². The van der Waals surface area contributed by atoms with Crippen LogP contribution < -0.4 is 10.9 Å². The van der Waals surface area contributed by atoms with Crippen molar-refractivity contribution in [1.82, 2.24) is 10.3 Å². The zero-order chi connectivity index (χ0) is 22.7. The number of fused-ring (bicyclic) bond motifs is 1. The van der Waals surface area contributed by atoms with Crippen LogP contribution in [0.5, 0.6) is 0 Å². The lowest BCUT2D eigenvalue weighted by Crippen LogP contribution is -2.22. The molecule has 3 aromatic carbocycles. The summed E-state index contributed by atoms with van der Waals surface area (Å²) >= 11 is 5.88.